The van der Waals surface area contributed by atoms with Gasteiger partial charge in [-0.3, -0.25) is 0 Å². The Balaban J connectivity index is 0.00000161. The van der Waals surface area contributed by atoms with Crippen molar-refractivity contribution in [3.05, 3.63) is 108 Å². The minimum atomic E-state index is -0.427. The number of benzene rings is 3. The first kappa shape index (κ1) is 16.1. The maximum atomic E-state index is 5.09. The lowest BCUT2D eigenvalue weighted by atomic mass is 9.84. The third-order valence-corrected chi connectivity index (χ3v) is 4.35. The van der Waals surface area contributed by atoms with Crippen LogP contribution in [0.15, 0.2) is 91.0 Å². The van der Waals surface area contributed by atoms with E-state index in [0.717, 1.165) is 0 Å². The molecule has 0 fully saturated rings. The number of hydrogen-bond donors (Lipinski definition) is 1. The molecule has 0 heterocycles. The number of hydrogen-bond acceptors (Lipinski definition) is 1. The van der Waals surface area contributed by atoms with E-state index in [2.05, 4.69) is 72.8 Å². The molecule has 0 bridgehead atoms. The number of thiol groups is 1. The van der Waals surface area contributed by atoms with Gasteiger partial charge in [0.2, 0.25) is 0 Å². The van der Waals surface area contributed by atoms with E-state index in [0.29, 0.717) is 0 Å². The van der Waals surface area contributed by atoms with E-state index in [1.807, 2.05) is 18.2 Å². The molecule has 0 amide bonds. The molecule has 0 atom stereocenters. The zero-order valence-corrected chi connectivity index (χ0v) is 14.7. The predicted octanol–water partition coefficient (Wildman–Crippen LogP) is 5.53. The SMILES string of the molecule is I.SC(c1ccccc1)(c1ccccc1)c1ccccc1. The minimum Gasteiger partial charge on any atom is -0.158 e. The topological polar surface area (TPSA) is 0 Å². The van der Waals surface area contributed by atoms with Gasteiger partial charge in [-0.15, -0.1) is 24.0 Å². The highest BCUT2D eigenvalue weighted by Gasteiger charge is 2.31. The van der Waals surface area contributed by atoms with Gasteiger partial charge in [0.05, 0.1) is 4.75 Å². The Hall–Kier alpha value is -1.26. The molecular formula is C19H17IS. The second-order valence-electron chi connectivity index (χ2n) is 4.81. The highest BCUT2D eigenvalue weighted by atomic mass is 127. The zero-order chi connectivity index (χ0) is 13.8. The van der Waals surface area contributed by atoms with Gasteiger partial charge in [0.25, 0.3) is 0 Å². The standard InChI is InChI=1S/C19H16S.HI/c20-19(16-10-4-1-5-11-16,17-12-6-2-7-13-17)18-14-8-3-9-15-18;/h1-15,20H;1H. The molecule has 106 valence electrons. The van der Waals surface area contributed by atoms with Crippen molar-refractivity contribution in [3.63, 3.8) is 0 Å². The van der Waals surface area contributed by atoms with E-state index in [9.17, 15) is 0 Å². The van der Waals surface area contributed by atoms with Crippen LogP contribution >= 0.6 is 36.6 Å². The van der Waals surface area contributed by atoms with Crippen LogP contribution in [-0.4, -0.2) is 0 Å². The van der Waals surface area contributed by atoms with Crippen LogP contribution in [0.3, 0.4) is 0 Å². The molecule has 0 aliphatic rings. The summed E-state index contributed by atoms with van der Waals surface area (Å²) >= 11 is 5.09. The van der Waals surface area contributed by atoms with Gasteiger partial charge < -0.3 is 0 Å². The van der Waals surface area contributed by atoms with Crippen LogP contribution in [0.5, 0.6) is 0 Å². The summed E-state index contributed by atoms with van der Waals surface area (Å²) in [5.74, 6) is 0. The summed E-state index contributed by atoms with van der Waals surface area (Å²) in [7, 11) is 0. The quantitative estimate of drug-likeness (QED) is 0.331. The van der Waals surface area contributed by atoms with Crippen molar-refractivity contribution in [1.29, 1.82) is 0 Å². The molecule has 2 heteroatoms. The molecule has 0 nitrogen and oxygen atoms in total. The van der Waals surface area contributed by atoms with E-state index in [-0.39, 0.29) is 24.0 Å². The molecule has 0 saturated heterocycles. The fourth-order valence-corrected chi connectivity index (χ4v) is 2.99. The molecular weight excluding hydrogens is 387 g/mol. The molecule has 0 spiro atoms. The molecule has 0 N–H and O–H groups in total. The summed E-state index contributed by atoms with van der Waals surface area (Å²) in [5.41, 5.74) is 3.54. The summed E-state index contributed by atoms with van der Waals surface area (Å²) in [6.45, 7) is 0. The third kappa shape index (κ3) is 3.16. The largest absolute Gasteiger partial charge is 0.158 e. The molecule has 0 aliphatic heterocycles. The van der Waals surface area contributed by atoms with Crippen LogP contribution in [0.2, 0.25) is 0 Å². The fraction of sp³-hybridized carbons (Fsp3) is 0.0526. The van der Waals surface area contributed by atoms with E-state index >= 15 is 0 Å². The second kappa shape index (κ2) is 7.14. The van der Waals surface area contributed by atoms with Gasteiger partial charge in [-0.2, -0.15) is 12.6 Å². The molecule has 3 rings (SSSR count). The lowest BCUT2D eigenvalue weighted by Gasteiger charge is -2.30. The predicted molar refractivity (Wildman–Crippen MR) is 104 cm³/mol. The summed E-state index contributed by atoms with van der Waals surface area (Å²) in [5, 5.41) is 0. The Kier molecular flexibility index (Phi) is 5.48. The second-order valence-corrected chi connectivity index (χ2v) is 5.48. The molecule has 0 aromatic heterocycles. The van der Waals surface area contributed by atoms with E-state index in [1.165, 1.54) is 16.7 Å². The van der Waals surface area contributed by atoms with Crippen LogP contribution in [0.1, 0.15) is 16.7 Å². The normalized spacial score (nSPS) is 10.7. The highest BCUT2D eigenvalue weighted by molar-refractivity contribution is 14.0. The summed E-state index contributed by atoms with van der Waals surface area (Å²) in [6.07, 6.45) is 0. The molecule has 0 radical (unpaired) electrons. The zero-order valence-electron chi connectivity index (χ0n) is 11.5. The van der Waals surface area contributed by atoms with Gasteiger partial charge in [0, 0.05) is 0 Å². The van der Waals surface area contributed by atoms with Gasteiger partial charge >= 0.3 is 0 Å². The molecule has 0 aliphatic carbocycles. The maximum Gasteiger partial charge on any atom is 0.0878 e. The highest BCUT2D eigenvalue weighted by Crippen LogP contribution is 2.42. The Morgan fingerprint density at radius 3 is 0.952 bits per heavy atom. The molecule has 3 aromatic carbocycles. The molecule has 0 saturated carbocycles. The lowest BCUT2D eigenvalue weighted by Crippen LogP contribution is -2.22. The molecule has 3 aromatic rings. The Morgan fingerprint density at radius 1 is 0.476 bits per heavy atom. The van der Waals surface area contributed by atoms with Crippen molar-refractivity contribution in [2.45, 2.75) is 4.75 Å². The Labute approximate surface area is 148 Å². The van der Waals surface area contributed by atoms with Gasteiger partial charge in [-0.05, 0) is 16.7 Å². The first-order valence-electron chi connectivity index (χ1n) is 6.71. The van der Waals surface area contributed by atoms with Crippen LogP contribution in [0.25, 0.3) is 0 Å². The Morgan fingerprint density at radius 2 is 0.714 bits per heavy atom. The van der Waals surface area contributed by atoms with E-state index in [1.54, 1.807) is 0 Å². The lowest BCUT2D eigenvalue weighted by molar-refractivity contribution is 0.905. The van der Waals surface area contributed by atoms with Crippen molar-refractivity contribution in [3.8, 4) is 0 Å². The van der Waals surface area contributed by atoms with Gasteiger partial charge in [-0.1, -0.05) is 91.0 Å². The number of rotatable bonds is 3. The number of halogens is 1. The van der Waals surface area contributed by atoms with Crippen LogP contribution in [0, 0.1) is 0 Å². The third-order valence-electron chi connectivity index (χ3n) is 3.57. The van der Waals surface area contributed by atoms with Crippen LogP contribution in [-0.2, 0) is 4.75 Å². The van der Waals surface area contributed by atoms with Gasteiger partial charge in [-0.25, -0.2) is 0 Å². The fourth-order valence-electron chi connectivity index (χ4n) is 2.54. The van der Waals surface area contributed by atoms with Crippen molar-refractivity contribution in [2.75, 3.05) is 0 Å². The monoisotopic (exact) mass is 404 g/mol. The Bertz CT molecular complexity index is 569. The molecule has 0 unspecified atom stereocenters. The first-order chi connectivity index (χ1) is 9.82. The van der Waals surface area contributed by atoms with Gasteiger partial charge in [0.1, 0.15) is 0 Å². The van der Waals surface area contributed by atoms with E-state index < -0.39 is 4.75 Å². The average Bonchev–Trinajstić information content (AvgIpc) is 2.56. The van der Waals surface area contributed by atoms with Crippen molar-refractivity contribution in [2.24, 2.45) is 0 Å². The van der Waals surface area contributed by atoms with Crippen molar-refractivity contribution >= 4 is 36.6 Å². The molecule has 21 heavy (non-hydrogen) atoms. The smallest absolute Gasteiger partial charge is 0.0878 e. The van der Waals surface area contributed by atoms with Gasteiger partial charge in [0.15, 0.2) is 0 Å². The maximum absolute atomic E-state index is 5.09. The van der Waals surface area contributed by atoms with E-state index in [4.69, 9.17) is 12.6 Å². The summed E-state index contributed by atoms with van der Waals surface area (Å²) < 4.78 is -0.427. The van der Waals surface area contributed by atoms with Crippen LogP contribution in [0.4, 0.5) is 0 Å². The van der Waals surface area contributed by atoms with Crippen molar-refractivity contribution < 1.29 is 0 Å². The van der Waals surface area contributed by atoms with Crippen LogP contribution < -0.4 is 0 Å². The minimum absolute atomic E-state index is 0. The first-order valence-corrected chi connectivity index (χ1v) is 7.15. The summed E-state index contributed by atoms with van der Waals surface area (Å²) in [4.78, 5) is 0. The average molecular weight is 404 g/mol. The summed E-state index contributed by atoms with van der Waals surface area (Å²) in [6, 6.07) is 31.3. The van der Waals surface area contributed by atoms with Crippen molar-refractivity contribution in [1.82, 2.24) is 0 Å².